The van der Waals surface area contributed by atoms with Crippen molar-refractivity contribution in [1.29, 1.82) is 0 Å². The van der Waals surface area contributed by atoms with Crippen molar-refractivity contribution in [2.24, 2.45) is 0 Å². The van der Waals surface area contributed by atoms with Gasteiger partial charge in [-0.3, -0.25) is 4.57 Å². The molecule has 0 amide bonds. The molecule has 0 atom stereocenters. The maximum Gasteiger partial charge on any atom is 0.335 e. The van der Waals surface area contributed by atoms with Crippen LogP contribution in [0.3, 0.4) is 0 Å². The number of benzene rings is 2. The van der Waals surface area contributed by atoms with Gasteiger partial charge in [0.1, 0.15) is 0 Å². The maximum atomic E-state index is 12.6. The van der Waals surface area contributed by atoms with Gasteiger partial charge >= 0.3 is 7.60 Å². The second-order valence-corrected chi connectivity index (χ2v) is 8.39. The van der Waals surface area contributed by atoms with E-state index in [0.717, 1.165) is 11.1 Å². The molecule has 0 heterocycles. The molecule has 0 saturated carbocycles. The molecule has 0 bridgehead atoms. The molecule has 0 spiro atoms. The molecule has 0 radical (unpaired) electrons. The van der Waals surface area contributed by atoms with Gasteiger partial charge in [-0.25, -0.2) is 0 Å². The Morgan fingerprint density at radius 2 is 1.36 bits per heavy atom. The van der Waals surface area contributed by atoms with Crippen LogP contribution in [0.4, 0.5) is 0 Å². The standard InChI is InChI=1S/C20H25O3PS/c1-4-22-24(21,23-5-2)16-19-10-8-17(9-11-19)6-7-18-12-14-20(25-3)15-13-18/h6-15H,4-5,16H2,1-3H3/b7-6+. The molecule has 0 N–H and O–H groups in total. The van der Waals surface area contributed by atoms with Gasteiger partial charge in [-0.15, -0.1) is 11.8 Å². The highest BCUT2D eigenvalue weighted by molar-refractivity contribution is 7.98. The van der Waals surface area contributed by atoms with Crippen molar-refractivity contribution < 1.29 is 13.6 Å². The summed E-state index contributed by atoms with van der Waals surface area (Å²) >= 11 is 1.74. The van der Waals surface area contributed by atoms with Crippen LogP contribution in [0.15, 0.2) is 53.4 Å². The topological polar surface area (TPSA) is 35.5 Å². The first-order chi connectivity index (χ1) is 12.1. The SMILES string of the molecule is CCOP(=O)(Cc1ccc(/C=C/c2ccc(SC)cc2)cc1)OCC. The van der Waals surface area contributed by atoms with Gasteiger partial charge < -0.3 is 9.05 Å². The Balaban J connectivity index is 2.03. The van der Waals surface area contributed by atoms with Crippen LogP contribution >= 0.6 is 19.4 Å². The van der Waals surface area contributed by atoms with Crippen molar-refractivity contribution in [3.05, 3.63) is 65.2 Å². The van der Waals surface area contributed by atoms with Gasteiger partial charge in [0.15, 0.2) is 0 Å². The Labute approximate surface area is 155 Å². The summed E-state index contributed by atoms with van der Waals surface area (Å²) in [5.41, 5.74) is 3.21. The van der Waals surface area contributed by atoms with Gasteiger partial charge in [-0.05, 0) is 48.9 Å². The molecule has 0 aliphatic rings. The monoisotopic (exact) mass is 376 g/mol. The Morgan fingerprint density at radius 1 is 0.880 bits per heavy atom. The van der Waals surface area contributed by atoms with Crippen LogP contribution in [0.25, 0.3) is 12.2 Å². The lowest BCUT2D eigenvalue weighted by molar-refractivity contribution is 0.219. The van der Waals surface area contributed by atoms with Crippen molar-refractivity contribution in [2.45, 2.75) is 24.9 Å². The molecular formula is C20H25O3PS. The summed E-state index contributed by atoms with van der Waals surface area (Å²) in [4.78, 5) is 1.26. The second-order valence-electron chi connectivity index (χ2n) is 5.45. The summed E-state index contributed by atoms with van der Waals surface area (Å²) in [6, 6.07) is 16.4. The first kappa shape index (κ1) is 20.0. The summed E-state index contributed by atoms with van der Waals surface area (Å²) in [6.45, 7) is 4.41. The lowest BCUT2D eigenvalue weighted by atomic mass is 10.1. The van der Waals surface area contributed by atoms with E-state index in [9.17, 15) is 4.57 Å². The molecule has 25 heavy (non-hydrogen) atoms. The van der Waals surface area contributed by atoms with Crippen LogP contribution in [-0.4, -0.2) is 19.5 Å². The minimum atomic E-state index is -3.05. The van der Waals surface area contributed by atoms with E-state index in [2.05, 4.69) is 42.7 Å². The van der Waals surface area contributed by atoms with E-state index in [1.165, 1.54) is 10.5 Å². The van der Waals surface area contributed by atoms with Crippen LogP contribution in [-0.2, 0) is 19.8 Å². The fourth-order valence-electron chi connectivity index (χ4n) is 2.39. The predicted molar refractivity (Wildman–Crippen MR) is 108 cm³/mol. The Morgan fingerprint density at radius 3 is 1.80 bits per heavy atom. The fourth-order valence-corrected chi connectivity index (χ4v) is 4.50. The van der Waals surface area contributed by atoms with E-state index in [1.807, 2.05) is 38.1 Å². The summed E-state index contributed by atoms with van der Waals surface area (Å²) in [5, 5.41) is 0. The molecule has 0 unspecified atom stereocenters. The Hall–Kier alpha value is -1.32. The van der Waals surface area contributed by atoms with Gasteiger partial charge in [-0.2, -0.15) is 0 Å². The summed E-state index contributed by atoms with van der Waals surface area (Å²) in [6.07, 6.45) is 6.53. The van der Waals surface area contributed by atoms with E-state index < -0.39 is 7.60 Å². The second kappa shape index (κ2) is 9.98. The van der Waals surface area contributed by atoms with Crippen molar-refractivity contribution >= 4 is 31.5 Å². The lowest BCUT2D eigenvalue weighted by Crippen LogP contribution is -1.99. The van der Waals surface area contributed by atoms with Crippen molar-refractivity contribution in [2.75, 3.05) is 19.5 Å². The van der Waals surface area contributed by atoms with Gasteiger partial charge in [0.05, 0.1) is 19.4 Å². The predicted octanol–water partition coefficient (Wildman–Crippen LogP) is 6.35. The summed E-state index contributed by atoms with van der Waals surface area (Å²) in [5.74, 6) is 0. The zero-order valence-corrected chi connectivity index (χ0v) is 16.7. The normalized spacial score (nSPS) is 12.0. The average Bonchev–Trinajstić information content (AvgIpc) is 2.62. The van der Waals surface area contributed by atoms with Gasteiger partial charge in [0, 0.05) is 4.90 Å². The molecule has 3 nitrogen and oxygen atoms in total. The van der Waals surface area contributed by atoms with Crippen molar-refractivity contribution in [3.8, 4) is 0 Å². The first-order valence-electron chi connectivity index (χ1n) is 8.37. The van der Waals surface area contributed by atoms with Crippen molar-refractivity contribution in [3.63, 3.8) is 0 Å². The Kier molecular flexibility index (Phi) is 7.98. The molecule has 2 rings (SSSR count). The minimum absolute atomic E-state index is 0.300. The lowest BCUT2D eigenvalue weighted by Gasteiger charge is -2.16. The fraction of sp³-hybridized carbons (Fsp3) is 0.300. The number of thioether (sulfide) groups is 1. The molecule has 0 aliphatic carbocycles. The highest BCUT2D eigenvalue weighted by Crippen LogP contribution is 2.51. The van der Waals surface area contributed by atoms with Crippen LogP contribution in [0, 0.1) is 0 Å². The highest BCUT2D eigenvalue weighted by Gasteiger charge is 2.23. The van der Waals surface area contributed by atoms with Crippen LogP contribution in [0.2, 0.25) is 0 Å². The smallest absolute Gasteiger partial charge is 0.309 e. The summed E-state index contributed by atoms with van der Waals surface area (Å²) in [7, 11) is -3.05. The number of hydrogen-bond acceptors (Lipinski definition) is 4. The quantitative estimate of drug-likeness (QED) is 0.290. The molecule has 2 aromatic rings. The van der Waals surface area contributed by atoms with E-state index in [-0.39, 0.29) is 0 Å². The van der Waals surface area contributed by atoms with E-state index in [4.69, 9.17) is 9.05 Å². The average molecular weight is 376 g/mol. The van der Waals surface area contributed by atoms with E-state index in [1.54, 1.807) is 11.8 Å². The van der Waals surface area contributed by atoms with E-state index >= 15 is 0 Å². The van der Waals surface area contributed by atoms with Crippen molar-refractivity contribution in [1.82, 2.24) is 0 Å². The minimum Gasteiger partial charge on any atom is -0.309 e. The number of rotatable bonds is 9. The molecule has 0 fully saturated rings. The van der Waals surface area contributed by atoms with Gasteiger partial charge in [-0.1, -0.05) is 48.6 Å². The van der Waals surface area contributed by atoms with Crippen LogP contribution < -0.4 is 0 Å². The zero-order valence-electron chi connectivity index (χ0n) is 15.0. The third-order valence-corrected chi connectivity index (χ3v) is 6.39. The maximum absolute atomic E-state index is 12.6. The summed E-state index contributed by atoms with van der Waals surface area (Å²) < 4.78 is 23.3. The largest absolute Gasteiger partial charge is 0.335 e. The molecule has 134 valence electrons. The Bertz CT molecular complexity index is 714. The van der Waals surface area contributed by atoms with E-state index in [0.29, 0.717) is 19.4 Å². The van der Waals surface area contributed by atoms with Gasteiger partial charge in [0.2, 0.25) is 0 Å². The molecule has 0 aromatic heterocycles. The third kappa shape index (κ3) is 6.48. The molecule has 2 aromatic carbocycles. The molecule has 0 aliphatic heterocycles. The highest BCUT2D eigenvalue weighted by atomic mass is 32.2. The zero-order chi connectivity index (χ0) is 18.1. The molecular weight excluding hydrogens is 351 g/mol. The third-order valence-electron chi connectivity index (χ3n) is 3.59. The molecule has 0 saturated heterocycles. The number of hydrogen-bond donors (Lipinski definition) is 0. The van der Waals surface area contributed by atoms with Gasteiger partial charge in [0.25, 0.3) is 0 Å². The molecule has 5 heteroatoms. The first-order valence-corrected chi connectivity index (χ1v) is 11.3. The van der Waals surface area contributed by atoms with Crippen LogP contribution in [0.1, 0.15) is 30.5 Å². The van der Waals surface area contributed by atoms with Crippen LogP contribution in [0.5, 0.6) is 0 Å².